The monoisotopic (exact) mass is 451 g/mol. The van der Waals surface area contributed by atoms with Crippen LogP contribution >= 0.6 is 0 Å². The fourth-order valence-corrected chi connectivity index (χ4v) is 4.59. The van der Waals surface area contributed by atoms with Gasteiger partial charge in [0.25, 0.3) is 0 Å². The average Bonchev–Trinajstić information content (AvgIpc) is 2.75. The van der Waals surface area contributed by atoms with Crippen molar-refractivity contribution in [3.05, 3.63) is 12.2 Å². The molecular formula is C29H57NO2. The second-order valence-corrected chi connectivity index (χ2v) is 10.2. The Hall–Kier alpha value is -0.830. The molecule has 0 aromatic heterocycles. The lowest BCUT2D eigenvalue weighted by molar-refractivity contribution is -0.137. The van der Waals surface area contributed by atoms with E-state index in [9.17, 15) is 4.79 Å². The highest BCUT2D eigenvalue weighted by molar-refractivity contribution is 5.66. The summed E-state index contributed by atoms with van der Waals surface area (Å²) < 4.78 is 0. The number of hydrogen-bond acceptors (Lipinski definition) is 2. The smallest absolute Gasteiger partial charge is 0.303 e. The molecule has 190 valence electrons. The zero-order valence-electron chi connectivity index (χ0n) is 22.1. The SMILES string of the molecule is CCCCCCCCCC(CCCCCC/C=C\CCCCCCCC(=O)O)CN(C)C. The normalized spacial score (nSPS) is 12.8. The summed E-state index contributed by atoms with van der Waals surface area (Å²) in [6.45, 7) is 3.56. The first-order chi connectivity index (χ1) is 15.6. The van der Waals surface area contributed by atoms with Gasteiger partial charge in [0, 0.05) is 13.0 Å². The molecule has 0 aromatic rings. The fourth-order valence-electron chi connectivity index (χ4n) is 4.59. The van der Waals surface area contributed by atoms with Crippen LogP contribution in [0.15, 0.2) is 12.2 Å². The highest BCUT2D eigenvalue weighted by Gasteiger charge is 2.09. The minimum Gasteiger partial charge on any atom is -0.481 e. The molecule has 0 rings (SSSR count). The molecule has 0 spiro atoms. The first-order valence-corrected chi connectivity index (χ1v) is 14.1. The Morgan fingerprint density at radius 2 is 1.12 bits per heavy atom. The standard InChI is InChI=1S/C29H57NO2/c1-4-5-6-7-15-18-21-24-28(27-30(2)3)25-22-19-16-13-11-9-8-10-12-14-17-20-23-26-29(31)32/h8-9,28H,4-7,10-27H2,1-3H3,(H,31,32)/b9-8-. The Balaban J connectivity index is 3.55. The van der Waals surface area contributed by atoms with Gasteiger partial charge >= 0.3 is 5.97 Å². The lowest BCUT2D eigenvalue weighted by Crippen LogP contribution is -2.21. The van der Waals surface area contributed by atoms with Crippen LogP contribution in [0.3, 0.4) is 0 Å². The van der Waals surface area contributed by atoms with Gasteiger partial charge in [-0.2, -0.15) is 0 Å². The summed E-state index contributed by atoms with van der Waals surface area (Å²) in [6, 6.07) is 0. The third kappa shape index (κ3) is 25.4. The molecule has 0 aliphatic heterocycles. The van der Waals surface area contributed by atoms with Crippen molar-refractivity contribution in [2.45, 2.75) is 142 Å². The van der Waals surface area contributed by atoms with E-state index in [1.54, 1.807) is 0 Å². The summed E-state index contributed by atoms with van der Waals surface area (Å²) in [5.41, 5.74) is 0. The molecule has 1 atom stereocenters. The van der Waals surface area contributed by atoms with Gasteiger partial charge in [0.1, 0.15) is 0 Å². The minimum atomic E-state index is -0.662. The summed E-state index contributed by atoms with van der Waals surface area (Å²) in [5.74, 6) is 0.231. The van der Waals surface area contributed by atoms with E-state index in [-0.39, 0.29) is 0 Å². The number of carbonyl (C=O) groups is 1. The van der Waals surface area contributed by atoms with E-state index in [0.717, 1.165) is 18.8 Å². The van der Waals surface area contributed by atoms with E-state index >= 15 is 0 Å². The van der Waals surface area contributed by atoms with Crippen LogP contribution in [0.25, 0.3) is 0 Å². The molecule has 0 bridgehead atoms. The van der Waals surface area contributed by atoms with Gasteiger partial charge in [-0.3, -0.25) is 4.79 Å². The second-order valence-electron chi connectivity index (χ2n) is 10.2. The fraction of sp³-hybridized carbons (Fsp3) is 0.897. The molecule has 3 heteroatoms. The van der Waals surface area contributed by atoms with Gasteiger partial charge in [0.2, 0.25) is 0 Å². The summed E-state index contributed by atoms with van der Waals surface area (Å²) in [4.78, 5) is 12.8. The number of hydrogen-bond donors (Lipinski definition) is 1. The summed E-state index contributed by atoms with van der Waals surface area (Å²) in [5, 5.41) is 8.62. The highest BCUT2D eigenvalue weighted by atomic mass is 16.4. The minimum absolute atomic E-state index is 0.329. The summed E-state index contributed by atoms with van der Waals surface area (Å²) >= 11 is 0. The first-order valence-electron chi connectivity index (χ1n) is 14.1. The Morgan fingerprint density at radius 1 is 0.688 bits per heavy atom. The van der Waals surface area contributed by atoms with Crippen molar-refractivity contribution in [1.29, 1.82) is 0 Å². The quantitative estimate of drug-likeness (QED) is 0.111. The molecule has 0 radical (unpaired) electrons. The number of allylic oxidation sites excluding steroid dienone is 2. The van der Waals surface area contributed by atoms with Crippen LogP contribution in [0.5, 0.6) is 0 Å². The van der Waals surface area contributed by atoms with Crippen molar-refractivity contribution in [3.8, 4) is 0 Å². The second kappa shape index (κ2) is 24.8. The topological polar surface area (TPSA) is 40.5 Å². The van der Waals surface area contributed by atoms with Gasteiger partial charge in [-0.05, 0) is 65.0 Å². The van der Waals surface area contributed by atoms with Crippen molar-refractivity contribution in [2.24, 2.45) is 5.92 Å². The molecule has 1 unspecified atom stereocenters. The van der Waals surface area contributed by atoms with Gasteiger partial charge < -0.3 is 10.0 Å². The van der Waals surface area contributed by atoms with Gasteiger partial charge in [-0.15, -0.1) is 0 Å². The largest absolute Gasteiger partial charge is 0.481 e. The van der Waals surface area contributed by atoms with Gasteiger partial charge in [0.05, 0.1) is 0 Å². The van der Waals surface area contributed by atoms with Crippen molar-refractivity contribution < 1.29 is 9.90 Å². The average molecular weight is 452 g/mol. The summed E-state index contributed by atoms with van der Waals surface area (Å²) in [6.07, 6.45) is 31.3. The van der Waals surface area contributed by atoms with E-state index < -0.39 is 5.97 Å². The molecular weight excluding hydrogens is 394 g/mol. The van der Waals surface area contributed by atoms with Crippen molar-refractivity contribution in [2.75, 3.05) is 20.6 Å². The third-order valence-corrected chi connectivity index (χ3v) is 6.50. The molecule has 0 fully saturated rings. The lowest BCUT2D eigenvalue weighted by Gasteiger charge is -2.21. The Kier molecular flexibility index (Phi) is 24.2. The van der Waals surface area contributed by atoms with Crippen LogP contribution < -0.4 is 0 Å². The molecule has 32 heavy (non-hydrogen) atoms. The maximum Gasteiger partial charge on any atom is 0.303 e. The highest BCUT2D eigenvalue weighted by Crippen LogP contribution is 2.20. The molecule has 0 aromatic carbocycles. The Bertz CT molecular complexity index is 419. The van der Waals surface area contributed by atoms with E-state index in [1.165, 1.54) is 122 Å². The molecule has 0 heterocycles. The molecule has 0 aliphatic rings. The lowest BCUT2D eigenvalue weighted by atomic mass is 9.93. The number of aliphatic carboxylic acids is 1. The van der Waals surface area contributed by atoms with Crippen LogP contribution in [-0.2, 0) is 4.79 Å². The number of unbranched alkanes of at least 4 members (excludes halogenated alkanes) is 15. The van der Waals surface area contributed by atoms with E-state index in [4.69, 9.17) is 5.11 Å². The van der Waals surface area contributed by atoms with Crippen LogP contribution in [0.4, 0.5) is 0 Å². The molecule has 1 N–H and O–H groups in total. The predicted octanol–water partition coefficient (Wildman–Crippen LogP) is 9.02. The van der Waals surface area contributed by atoms with Crippen molar-refractivity contribution >= 4 is 5.97 Å². The molecule has 3 nitrogen and oxygen atoms in total. The number of carboxylic acids is 1. The Labute approximate surface area is 201 Å². The predicted molar refractivity (Wildman–Crippen MR) is 141 cm³/mol. The third-order valence-electron chi connectivity index (χ3n) is 6.50. The Morgan fingerprint density at radius 3 is 1.59 bits per heavy atom. The number of rotatable bonds is 25. The zero-order valence-corrected chi connectivity index (χ0v) is 22.1. The molecule has 0 saturated carbocycles. The number of carboxylic acid groups (broad SMARTS) is 1. The van der Waals surface area contributed by atoms with E-state index in [2.05, 4.69) is 38.1 Å². The summed E-state index contributed by atoms with van der Waals surface area (Å²) in [7, 11) is 4.45. The van der Waals surface area contributed by atoms with Gasteiger partial charge in [-0.1, -0.05) is 103 Å². The van der Waals surface area contributed by atoms with E-state index in [1.807, 2.05) is 0 Å². The van der Waals surface area contributed by atoms with Gasteiger partial charge in [-0.25, -0.2) is 0 Å². The van der Waals surface area contributed by atoms with Crippen LogP contribution in [0.2, 0.25) is 0 Å². The van der Waals surface area contributed by atoms with Crippen LogP contribution in [-0.4, -0.2) is 36.6 Å². The van der Waals surface area contributed by atoms with Crippen molar-refractivity contribution in [1.82, 2.24) is 4.90 Å². The molecule has 0 aliphatic carbocycles. The molecule has 0 saturated heterocycles. The zero-order chi connectivity index (χ0) is 23.7. The van der Waals surface area contributed by atoms with E-state index in [0.29, 0.717) is 6.42 Å². The maximum absolute atomic E-state index is 10.5. The first kappa shape index (κ1) is 31.2. The maximum atomic E-state index is 10.5. The van der Waals surface area contributed by atoms with Gasteiger partial charge in [0.15, 0.2) is 0 Å². The van der Waals surface area contributed by atoms with Crippen molar-refractivity contribution in [3.63, 3.8) is 0 Å². The van der Waals surface area contributed by atoms with Crippen LogP contribution in [0, 0.1) is 5.92 Å². The number of nitrogens with zero attached hydrogens (tertiary/aromatic N) is 1. The molecule has 0 amide bonds. The van der Waals surface area contributed by atoms with Crippen LogP contribution in [0.1, 0.15) is 142 Å².